The molecule has 0 aromatic heterocycles. The molecular formula is C13H17O6-. The van der Waals surface area contributed by atoms with Crippen molar-refractivity contribution >= 4 is 5.97 Å². The van der Waals surface area contributed by atoms with E-state index in [0.717, 1.165) is 0 Å². The third-order valence-corrected chi connectivity index (χ3v) is 2.43. The summed E-state index contributed by atoms with van der Waals surface area (Å²) in [6.45, 7) is 0.270. The van der Waals surface area contributed by atoms with Crippen LogP contribution in [0, 0.1) is 0 Å². The zero-order chi connectivity index (χ0) is 14.3. The molecule has 6 heteroatoms. The van der Waals surface area contributed by atoms with Gasteiger partial charge in [0, 0.05) is 18.1 Å². The summed E-state index contributed by atoms with van der Waals surface area (Å²) in [7, 11) is 4.54. The van der Waals surface area contributed by atoms with Crippen LogP contribution in [-0.4, -0.2) is 33.9 Å². The fraction of sp³-hybridized carbons (Fsp3) is 0.462. The molecular weight excluding hydrogens is 252 g/mol. The molecule has 0 heterocycles. The van der Waals surface area contributed by atoms with Crippen molar-refractivity contribution in [3.63, 3.8) is 0 Å². The Morgan fingerprint density at radius 3 is 2.11 bits per heavy atom. The Morgan fingerprint density at radius 1 is 1.11 bits per heavy atom. The van der Waals surface area contributed by atoms with Crippen LogP contribution in [-0.2, 0) is 4.79 Å². The van der Waals surface area contributed by atoms with E-state index in [9.17, 15) is 9.90 Å². The van der Waals surface area contributed by atoms with E-state index in [1.165, 1.54) is 21.3 Å². The first-order valence-corrected chi connectivity index (χ1v) is 5.75. The van der Waals surface area contributed by atoms with Crippen LogP contribution in [0.3, 0.4) is 0 Å². The van der Waals surface area contributed by atoms with Gasteiger partial charge in [-0.15, -0.1) is 0 Å². The second-order valence-electron chi connectivity index (χ2n) is 3.69. The van der Waals surface area contributed by atoms with Gasteiger partial charge in [-0.1, -0.05) is 0 Å². The quantitative estimate of drug-likeness (QED) is 0.644. The van der Waals surface area contributed by atoms with Crippen molar-refractivity contribution in [2.75, 3.05) is 27.9 Å². The van der Waals surface area contributed by atoms with Crippen molar-refractivity contribution in [3.05, 3.63) is 12.1 Å². The molecule has 0 saturated heterocycles. The number of hydrogen-bond acceptors (Lipinski definition) is 6. The van der Waals surface area contributed by atoms with E-state index < -0.39 is 5.97 Å². The van der Waals surface area contributed by atoms with Crippen molar-refractivity contribution in [1.82, 2.24) is 0 Å². The molecule has 0 amide bonds. The average Bonchev–Trinajstić information content (AvgIpc) is 2.42. The van der Waals surface area contributed by atoms with Crippen LogP contribution in [0.2, 0.25) is 0 Å². The molecule has 0 spiro atoms. The van der Waals surface area contributed by atoms with Crippen LogP contribution in [0.25, 0.3) is 0 Å². The molecule has 0 bridgehead atoms. The molecule has 19 heavy (non-hydrogen) atoms. The molecule has 1 aromatic rings. The summed E-state index contributed by atoms with van der Waals surface area (Å²) in [6, 6.07) is 3.31. The second-order valence-corrected chi connectivity index (χ2v) is 3.69. The first kappa shape index (κ1) is 14.9. The molecule has 0 aliphatic rings. The lowest BCUT2D eigenvalue weighted by Gasteiger charge is -2.14. The maximum Gasteiger partial charge on any atom is 0.203 e. The van der Waals surface area contributed by atoms with Crippen LogP contribution >= 0.6 is 0 Å². The number of carboxylic acid groups (broad SMARTS) is 1. The van der Waals surface area contributed by atoms with Crippen LogP contribution < -0.4 is 24.1 Å². The highest BCUT2D eigenvalue weighted by Crippen LogP contribution is 2.40. The summed E-state index contributed by atoms with van der Waals surface area (Å²) < 4.78 is 21.0. The topological polar surface area (TPSA) is 77.1 Å². The number of aliphatic carboxylic acids is 1. The van der Waals surface area contributed by atoms with Gasteiger partial charge in [0.05, 0.1) is 27.9 Å². The summed E-state index contributed by atoms with van der Waals surface area (Å²) in [5.74, 6) is 0.877. The lowest BCUT2D eigenvalue weighted by Crippen LogP contribution is -2.22. The number of methoxy groups -OCH3 is 3. The third-order valence-electron chi connectivity index (χ3n) is 2.43. The first-order valence-electron chi connectivity index (χ1n) is 5.75. The molecule has 1 rings (SSSR count). The van der Waals surface area contributed by atoms with E-state index in [0.29, 0.717) is 29.4 Å². The summed E-state index contributed by atoms with van der Waals surface area (Å²) in [6.07, 6.45) is 0.337. The number of carbonyl (C=O) groups excluding carboxylic acids is 1. The molecule has 0 radical (unpaired) electrons. The van der Waals surface area contributed by atoms with Crippen LogP contribution in [0.15, 0.2) is 12.1 Å². The van der Waals surface area contributed by atoms with E-state index in [1.807, 2.05) is 0 Å². The lowest BCUT2D eigenvalue weighted by atomic mass is 10.2. The normalized spacial score (nSPS) is 9.84. The molecule has 0 unspecified atom stereocenters. The van der Waals surface area contributed by atoms with E-state index in [-0.39, 0.29) is 13.0 Å². The molecule has 106 valence electrons. The second kappa shape index (κ2) is 7.35. The monoisotopic (exact) mass is 269 g/mol. The highest BCUT2D eigenvalue weighted by Gasteiger charge is 2.13. The number of carboxylic acids is 1. The van der Waals surface area contributed by atoms with Crippen molar-refractivity contribution in [2.24, 2.45) is 0 Å². The van der Waals surface area contributed by atoms with Gasteiger partial charge in [-0.2, -0.15) is 0 Å². The lowest BCUT2D eigenvalue weighted by molar-refractivity contribution is -0.305. The fourth-order valence-electron chi connectivity index (χ4n) is 1.55. The average molecular weight is 269 g/mol. The van der Waals surface area contributed by atoms with Crippen LogP contribution in [0.4, 0.5) is 0 Å². The van der Waals surface area contributed by atoms with Gasteiger partial charge in [0.2, 0.25) is 5.75 Å². The number of rotatable bonds is 8. The van der Waals surface area contributed by atoms with Gasteiger partial charge in [0.15, 0.2) is 11.5 Å². The molecule has 0 fully saturated rings. The van der Waals surface area contributed by atoms with E-state index in [1.54, 1.807) is 12.1 Å². The standard InChI is InChI=1S/C13H18O6/c1-16-10-7-9(19-6-4-5-12(14)15)8-11(17-2)13(10)18-3/h7-8H,4-6H2,1-3H3,(H,14,15)/p-1. The minimum Gasteiger partial charge on any atom is -0.550 e. The van der Waals surface area contributed by atoms with Gasteiger partial charge in [-0.3, -0.25) is 0 Å². The molecule has 0 N–H and O–H groups in total. The first-order chi connectivity index (χ1) is 9.12. The van der Waals surface area contributed by atoms with Gasteiger partial charge in [0.1, 0.15) is 5.75 Å². The van der Waals surface area contributed by atoms with Crippen molar-refractivity contribution in [1.29, 1.82) is 0 Å². The highest BCUT2D eigenvalue weighted by atomic mass is 16.5. The number of benzene rings is 1. The number of carbonyl (C=O) groups is 1. The minimum atomic E-state index is -1.09. The summed E-state index contributed by atoms with van der Waals surface area (Å²) in [5, 5.41) is 10.3. The maximum atomic E-state index is 10.3. The summed E-state index contributed by atoms with van der Waals surface area (Å²) in [4.78, 5) is 10.3. The molecule has 0 aliphatic carbocycles. The van der Waals surface area contributed by atoms with Gasteiger partial charge in [0.25, 0.3) is 0 Å². The maximum absolute atomic E-state index is 10.3. The van der Waals surface area contributed by atoms with Crippen LogP contribution in [0.5, 0.6) is 23.0 Å². The van der Waals surface area contributed by atoms with Crippen molar-refractivity contribution < 1.29 is 28.8 Å². The summed E-state index contributed by atoms with van der Waals surface area (Å²) in [5.41, 5.74) is 0. The third kappa shape index (κ3) is 4.24. The Hall–Kier alpha value is -2.11. The van der Waals surface area contributed by atoms with Crippen molar-refractivity contribution in [2.45, 2.75) is 12.8 Å². The Bertz CT molecular complexity index is 404. The van der Waals surface area contributed by atoms with Gasteiger partial charge >= 0.3 is 0 Å². The SMILES string of the molecule is COc1cc(OCCCC(=O)[O-])cc(OC)c1OC. The van der Waals surface area contributed by atoms with Gasteiger partial charge in [-0.25, -0.2) is 0 Å². The molecule has 0 saturated carbocycles. The van der Waals surface area contributed by atoms with Crippen molar-refractivity contribution in [3.8, 4) is 23.0 Å². The zero-order valence-corrected chi connectivity index (χ0v) is 11.2. The van der Waals surface area contributed by atoms with Gasteiger partial charge in [-0.05, 0) is 12.8 Å². The predicted molar refractivity (Wildman–Crippen MR) is 65.8 cm³/mol. The van der Waals surface area contributed by atoms with Gasteiger partial charge < -0.3 is 28.8 Å². The fourth-order valence-corrected chi connectivity index (χ4v) is 1.55. The predicted octanol–water partition coefficient (Wildman–Crippen LogP) is 0.621. The Balaban J connectivity index is 2.76. The Kier molecular flexibility index (Phi) is 5.78. The molecule has 0 aliphatic heterocycles. The number of ether oxygens (including phenoxy) is 4. The van der Waals surface area contributed by atoms with E-state index in [4.69, 9.17) is 18.9 Å². The molecule has 6 nitrogen and oxygen atoms in total. The van der Waals surface area contributed by atoms with Crippen LogP contribution in [0.1, 0.15) is 12.8 Å². The Morgan fingerprint density at radius 2 is 1.68 bits per heavy atom. The molecule has 0 atom stereocenters. The number of hydrogen-bond donors (Lipinski definition) is 0. The van der Waals surface area contributed by atoms with E-state index in [2.05, 4.69) is 0 Å². The minimum absolute atomic E-state index is 0.0373. The van der Waals surface area contributed by atoms with E-state index >= 15 is 0 Å². The molecule has 1 aromatic carbocycles. The largest absolute Gasteiger partial charge is 0.550 e. The highest BCUT2D eigenvalue weighted by molar-refractivity contribution is 5.64. The summed E-state index contributed by atoms with van der Waals surface area (Å²) >= 11 is 0. The Labute approximate surface area is 111 Å². The zero-order valence-electron chi connectivity index (χ0n) is 11.2. The smallest absolute Gasteiger partial charge is 0.203 e.